The Kier molecular flexibility index (Phi) is 6.21. The Morgan fingerprint density at radius 1 is 1.06 bits per heavy atom. The zero-order chi connectivity index (χ0) is 25.2. The number of carbonyl (C=O) groups is 4. The van der Waals surface area contributed by atoms with Crippen LogP contribution in [0.15, 0.2) is 63.9 Å². The number of nitrogens with one attached hydrogen (secondary N) is 1. The predicted octanol–water partition coefficient (Wildman–Crippen LogP) is 4.14. The number of thioether (sulfide) groups is 1. The molecule has 0 spiro atoms. The lowest BCUT2D eigenvalue weighted by Crippen LogP contribution is -2.36. The SMILES string of the molecule is COC(=O)c1ccc(-c2ccc(/C=C3/SC(=O)N(CC(=O)Nc4ccc5c(c4)OCO5)C3=O)o2)cc1. The van der Waals surface area contributed by atoms with Crippen LogP contribution in [0.5, 0.6) is 11.5 Å². The van der Waals surface area contributed by atoms with Gasteiger partial charge in [-0.15, -0.1) is 0 Å². The van der Waals surface area contributed by atoms with E-state index in [-0.39, 0.29) is 11.7 Å². The quantitative estimate of drug-likeness (QED) is 0.388. The number of hydrogen-bond acceptors (Lipinski definition) is 9. The average molecular weight is 506 g/mol. The fraction of sp³-hybridized carbons (Fsp3) is 0.120. The molecule has 0 saturated carbocycles. The van der Waals surface area contributed by atoms with Gasteiger partial charge in [0.15, 0.2) is 11.5 Å². The summed E-state index contributed by atoms with van der Waals surface area (Å²) in [4.78, 5) is 50.2. The highest BCUT2D eigenvalue weighted by atomic mass is 32.2. The molecule has 5 rings (SSSR count). The monoisotopic (exact) mass is 506 g/mol. The summed E-state index contributed by atoms with van der Waals surface area (Å²) >= 11 is 0.725. The number of benzene rings is 2. The van der Waals surface area contributed by atoms with Crippen LogP contribution < -0.4 is 14.8 Å². The van der Waals surface area contributed by atoms with Crippen LogP contribution in [-0.4, -0.2) is 48.4 Å². The number of carbonyl (C=O) groups excluding carboxylic acids is 4. The maximum atomic E-state index is 12.8. The Balaban J connectivity index is 1.24. The van der Waals surface area contributed by atoms with E-state index in [0.717, 1.165) is 22.2 Å². The highest BCUT2D eigenvalue weighted by molar-refractivity contribution is 8.18. The van der Waals surface area contributed by atoms with Gasteiger partial charge < -0.3 is 23.9 Å². The van der Waals surface area contributed by atoms with Crippen molar-refractivity contribution < 1.29 is 37.8 Å². The van der Waals surface area contributed by atoms with Crippen molar-refractivity contribution in [1.29, 1.82) is 0 Å². The molecule has 2 aliphatic heterocycles. The molecule has 1 fully saturated rings. The highest BCUT2D eigenvalue weighted by Gasteiger charge is 2.36. The molecule has 182 valence electrons. The van der Waals surface area contributed by atoms with E-state index in [2.05, 4.69) is 10.1 Å². The van der Waals surface area contributed by atoms with Gasteiger partial charge in [-0.3, -0.25) is 19.3 Å². The van der Waals surface area contributed by atoms with E-state index < -0.39 is 29.6 Å². The molecule has 36 heavy (non-hydrogen) atoms. The van der Waals surface area contributed by atoms with Crippen molar-refractivity contribution in [3.05, 3.63) is 70.8 Å². The molecular formula is C25H18N2O8S. The molecule has 10 nitrogen and oxygen atoms in total. The standard InChI is InChI=1S/C25H18N2O8S/c1-32-24(30)15-4-2-14(3-5-15)18-9-7-17(35-18)11-21-23(29)27(25(31)36-21)12-22(28)26-16-6-8-19-20(10-16)34-13-33-19/h2-11H,12-13H2,1H3,(H,26,28)/b21-11+. The van der Waals surface area contributed by atoms with Gasteiger partial charge in [-0.05, 0) is 48.2 Å². The molecule has 3 heterocycles. The van der Waals surface area contributed by atoms with E-state index in [0.29, 0.717) is 34.3 Å². The molecule has 1 N–H and O–H groups in total. The molecule has 2 aromatic carbocycles. The van der Waals surface area contributed by atoms with E-state index in [4.69, 9.17) is 13.9 Å². The van der Waals surface area contributed by atoms with Crippen LogP contribution in [0.2, 0.25) is 0 Å². The van der Waals surface area contributed by atoms with Gasteiger partial charge in [0.05, 0.1) is 17.6 Å². The van der Waals surface area contributed by atoms with Gasteiger partial charge in [0.1, 0.15) is 18.1 Å². The number of nitrogens with zero attached hydrogens (tertiary/aromatic N) is 1. The number of amides is 3. The number of fused-ring (bicyclic) bond motifs is 1. The minimum absolute atomic E-state index is 0.106. The number of methoxy groups -OCH3 is 1. The predicted molar refractivity (Wildman–Crippen MR) is 129 cm³/mol. The molecule has 0 atom stereocenters. The fourth-order valence-corrected chi connectivity index (χ4v) is 4.38. The summed E-state index contributed by atoms with van der Waals surface area (Å²) in [6.45, 7) is -0.332. The van der Waals surface area contributed by atoms with Crippen LogP contribution in [0.25, 0.3) is 17.4 Å². The molecule has 11 heteroatoms. The van der Waals surface area contributed by atoms with Crippen molar-refractivity contribution in [2.75, 3.05) is 25.8 Å². The molecule has 1 aromatic heterocycles. The largest absolute Gasteiger partial charge is 0.465 e. The van der Waals surface area contributed by atoms with Crippen molar-refractivity contribution in [1.82, 2.24) is 4.90 Å². The van der Waals surface area contributed by atoms with Crippen molar-refractivity contribution in [3.8, 4) is 22.8 Å². The Morgan fingerprint density at radius 2 is 1.83 bits per heavy atom. The van der Waals surface area contributed by atoms with Gasteiger partial charge in [0.2, 0.25) is 12.7 Å². The molecule has 0 radical (unpaired) electrons. The van der Waals surface area contributed by atoms with Crippen molar-refractivity contribution in [2.24, 2.45) is 0 Å². The molecule has 3 aromatic rings. The first-order valence-electron chi connectivity index (χ1n) is 10.6. The van der Waals surface area contributed by atoms with Crippen LogP contribution in [0.4, 0.5) is 10.5 Å². The Morgan fingerprint density at radius 3 is 2.61 bits per heavy atom. The summed E-state index contributed by atoms with van der Waals surface area (Å²) in [5, 5.41) is 2.09. The van der Waals surface area contributed by atoms with Crippen molar-refractivity contribution >= 4 is 46.5 Å². The summed E-state index contributed by atoms with van der Waals surface area (Å²) < 4.78 is 21.0. The van der Waals surface area contributed by atoms with Gasteiger partial charge in [-0.2, -0.15) is 0 Å². The van der Waals surface area contributed by atoms with Crippen LogP contribution >= 0.6 is 11.8 Å². The Hall–Kier alpha value is -4.51. The molecule has 2 aliphatic rings. The number of ether oxygens (including phenoxy) is 3. The second kappa shape index (κ2) is 9.62. The molecule has 0 bridgehead atoms. The number of esters is 1. The summed E-state index contributed by atoms with van der Waals surface area (Å²) in [6, 6.07) is 14.9. The first-order valence-corrected chi connectivity index (χ1v) is 11.5. The Bertz CT molecular complexity index is 1410. The lowest BCUT2D eigenvalue weighted by Gasteiger charge is -2.12. The minimum Gasteiger partial charge on any atom is -0.465 e. The second-order valence-corrected chi connectivity index (χ2v) is 8.65. The van der Waals surface area contributed by atoms with E-state index in [1.165, 1.54) is 13.2 Å². The zero-order valence-electron chi connectivity index (χ0n) is 18.8. The minimum atomic E-state index is -0.591. The van der Waals surface area contributed by atoms with Gasteiger partial charge in [0.25, 0.3) is 11.1 Å². The topological polar surface area (TPSA) is 124 Å². The van der Waals surface area contributed by atoms with Crippen LogP contribution in [0.1, 0.15) is 16.1 Å². The number of imide groups is 1. The summed E-state index contributed by atoms with van der Waals surface area (Å²) in [5.41, 5.74) is 1.58. The molecule has 0 unspecified atom stereocenters. The van der Waals surface area contributed by atoms with Crippen LogP contribution in [0, 0.1) is 0 Å². The van der Waals surface area contributed by atoms with Crippen LogP contribution in [0.3, 0.4) is 0 Å². The third-order valence-corrected chi connectivity index (χ3v) is 6.23. The van der Waals surface area contributed by atoms with E-state index >= 15 is 0 Å². The third kappa shape index (κ3) is 4.68. The van der Waals surface area contributed by atoms with Gasteiger partial charge in [-0.25, -0.2) is 4.79 Å². The number of hydrogen-bond donors (Lipinski definition) is 1. The lowest BCUT2D eigenvalue weighted by molar-refractivity contribution is -0.127. The first-order chi connectivity index (χ1) is 17.4. The first kappa shape index (κ1) is 23.2. The maximum absolute atomic E-state index is 12.8. The molecule has 0 aliphatic carbocycles. The number of rotatable bonds is 6. The molecule has 3 amide bonds. The normalized spacial score (nSPS) is 15.5. The zero-order valence-corrected chi connectivity index (χ0v) is 19.6. The van der Waals surface area contributed by atoms with E-state index in [9.17, 15) is 19.2 Å². The number of furan rings is 1. The number of anilines is 1. The van der Waals surface area contributed by atoms with Gasteiger partial charge in [0, 0.05) is 23.4 Å². The van der Waals surface area contributed by atoms with E-state index in [1.807, 2.05) is 0 Å². The summed E-state index contributed by atoms with van der Waals surface area (Å²) in [6.07, 6.45) is 1.45. The van der Waals surface area contributed by atoms with Gasteiger partial charge in [-0.1, -0.05) is 12.1 Å². The third-order valence-electron chi connectivity index (χ3n) is 5.32. The molecule has 1 saturated heterocycles. The second-order valence-electron chi connectivity index (χ2n) is 7.66. The van der Waals surface area contributed by atoms with Crippen molar-refractivity contribution in [3.63, 3.8) is 0 Å². The lowest BCUT2D eigenvalue weighted by atomic mass is 10.1. The summed E-state index contributed by atoms with van der Waals surface area (Å²) in [7, 11) is 1.31. The van der Waals surface area contributed by atoms with Crippen molar-refractivity contribution in [2.45, 2.75) is 0 Å². The van der Waals surface area contributed by atoms with E-state index in [1.54, 1.807) is 54.6 Å². The Labute approximate surface area is 208 Å². The molecular weight excluding hydrogens is 488 g/mol. The smallest absolute Gasteiger partial charge is 0.337 e. The maximum Gasteiger partial charge on any atom is 0.337 e. The summed E-state index contributed by atoms with van der Waals surface area (Å²) in [5.74, 6) is 0.376. The highest BCUT2D eigenvalue weighted by Crippen LogP contribution is 2.35. The van der Waals surface area contributed by atoms with Crippen LogP contribution in [-0.2, 0) is 14.3 Å². The fourth-order valence-electron chi connectivity index (χ4n) is 3.56. The average Bonchev–Trinajstić information content (AvgIpc) is 3.60. The van der Waals surface area contributed by atoms with Gasteiger partial charge >= 0.3 is 5.97 Å².